The summed E-state index contributed by atoms with van der Waals surface area (Å²) in [5, 5.41) is 11.6. The Hall–Kier alpha value is -1.65. The molecule has 2 fully saturated rings. The molecule has 0 unspecified atom stereocenters. The SMILES string of the molecule is O=C(O)c1ccc(NCC2(C3CC3)CC2)c(F)c1F. The largest absolute Gasteiger partial charge is 0.478 e. The van der Waals surface area contributed by atoms with E-state index in [1.165, 1.54) is 18.9 Å². The minimum Gasteiger partial charge on any atom is -0.478 e. The highest BCUT2D eigenvalue weighted by Crippen LogP contribution is 2.61. The summed E-state index contributed by atoms with van der Waals surface area (Å²) in [7, 11) is 0. The minimum absolute atomic E-state index is 0.0504. The molecule has 3 rings (SSSR count). The Morgan fingerprint density at radius 1 is 1.32 bits per heavy atom. The van der Waals surface area contributed by atoms with Crippen LogP contribution >= 0.6 is 0 Å². The van der Waals surface area contributed by atoms with Gasteiger partial charge in [-0.3, -0.25) is 0 Å². The van der Waals surface area contributed by atoms with E-state index in [9.17, 15) is 13.6 Å². The molecule has 102 valence electrons. The molecule has 1 aromatic rings. The lowest BCUT2D eigenvalue weighted by atomic mass is 10.0. The predicted molar refractivity (Wildman–Crippen MR) is 66.2 cm³/mol. The normalized spacial score (nSPS) is 20.1. The second-order valence-corrected chi connectivity index (χ2v) is 5.58. The van der Waals surface area contributed by atoms with Crippen molar-refractivity contribution < 1.29 is 18.7 Å². The van der Waals surface area contributed by atoms with Gasteiger partial charge in [-0.25, -0.2) is 13.6 Å². The number of hydrogen-bond acceptors (Lipinski definition) is 2. The van der Waals surface area contributed by atoms with Gasteiger partial charge < -0.3 is 10.4 Å². The lowest BCUT2D eigenvalue weighted by Crippen LogP contribution is -2.18. The zero-order chi connectivity index (χ0) is 13.6. The van der Waals surface area contributed by atoms with E-state index in [2.05, 4.69) is 5.32 Å². The van der Waals surface area contributed by atoms with Crippen molar-refractivity contribution in [2.75, 3.05) is 11.9 Å². The maximum Gasteiger partial charge on any atom is 0.338 e. The van der Waals surface area contributed by atoms with E-state index >= 15 is 0 Å². The first-order valence-corrected chi connectivity index (χ1v) is 6.49. The highest BCUT2D eigenvalue weighted by Gasteiger charge is 2.53. The van der Waals surface area contributed by atoms with Gasteiger partial charge in [-0.2, -0.15) is 0 Å². The van der Waals surface area contributed by atoms with Gasteiger partial charge in [0.1, 0.15) is 0 Å². The van der Waals surface area contributed by atoms with Crippen molar-refractivity contribution in [3.05, 3.63) is 29.3 Å². The molecule has 0 heterocycles. The number of halogens is 2. The van der Waals surface area contributed by atoms with Gasteiger partial charge in [-0.1, -0.05) is 0 Å². The first-order chi connectivity index (χ1) is 9.03. The maximum atomic E-state index is 13.7. The van der Waals surface area contributed by atoms with Gasteiger partial charge >= 0.3 is 5.97 Å². The van der Waals surface area contributed by atoms with Crippen LogP contribution in [0.3, 0.4) is 0 Å². The molecule has 0 radical (unpaired) electrons. The molecule has 0 saturated heterocycles. The molecule has 2 aliphatic carbocycles. The molecule has 0 bridgehead atoms. The van der Waals surface area contributed by atoms with Crippen molar-refractivity contribution in [1.29, 1.82) is 0 Å². The molecule has 2 aliphatic rings. The number of nitrogens with one attached hydrogen (secondary N) is 1. The third kappa shape index (κ3) is 2.17. The molecule has 0 atom stereocenters. The van der Waals surface area contributed by atoms with Gasteiger partial charge in [-0.15, -0.1) is 0 Å². The molecule has 0 aromatic heterocycles. The standard InChI is InChI=1S/C14H15F2NO2/c15-11-9(13(18)19)3-4-10(12(11)16)17-7-14(5-6-14)8-1-2-8/h3-4,8,17H,1-2,5-7H2,(H,18,19). The van der Waals surface area contributed by atoms with Crippen LogP contribution in [0.1, 0.15) is 36.0 Å². The number of carboxylic acid groups (broad SMARTS) is 1. The van der Waals surface area contributed by atoms with Crippen LogP contribution in [0.25, 0.3) is 0 Å². The first kappa shape index (κ1) is 12.4. The molecule has 2 saturated carbocycles. The molecule has 19 heavy (non-hydrogen) atoms. The van der Waals surface area contributed by atoms with Crippen LogP contribution < -0.4 is 5.32 Å². The Labute approximate surface area is 109 Å². The van der Waals surface area contributed by atoms with Gasteiger partial charge in [0.05, 0.1) is 11.3 Å². The van der Waals surface area contributed by atoms with E-state index in [4.69, 9.17) is 5.11 Å². The lowest BCUT2D eigenvalue weighted by Gasteiger charge is -2.16. The summed E-state index contributed by atoms with van der Waals surface area (Å²) in [6.07, 6.45) is 4.75. The third-order valence-electron chi connectivity index (χ3n) is 4.28. The second-order valence-electron chi connectivity index (χ2n) is 5.58. The predicted octanol–water partition coefficient (Wildman–Crippen LogP) is 3.27. The van der Waals surface area contributed by atoms with Crippen LogP contribution in [0, 0.1) is 23.0 Å². The smallest absolute Gasteiger partial charge is 0.338 e. The molecule has 5 heteroatoms. The van der Waals surface area contributed by atoms with Crippen LogP contribution in [0.2, 0.25) is 0 Å². The van der Waals surface area contributed by atoms with Gasteiger partial charge in [0.25, 0.3) is 0 Å². The zero-order valence-corrected chi connectivity index (χ0v) is 10.4. The number of aromatic carboxylic acids is 1. The Morgan fingerprint density at radius 3 is 2.53 bits per heavy atom. The maximum absolute atomic E-state index is 13.7. The first-order valence-electron chi connectivity index (χ1n) is 6.49. The second kappa shape index (κ2) is 4.18. The Balaban J connectivity index is 1.74. The van der Waals surface area contributed by atoms with Gasteiger partial charge in [0, 0.05) is 6.54 Å². The lowest BCUT2D eigenvalue weighted by molar-refractivity contribution is 0.0690. The number of rotatable bonds is 5. The Kier molecular flexibility index (Phi) is 2.73. The summed E-state index contributed by atoms with van der Waals surface area (Å²) >= 11 is 0. The van der Waals surface area contributed by atoms with E-state index in [-0.39, 0.29) is 11.1 Å². The van der Waals surface area contributed by atoms with Crippen molar-refractivity contribution in [2.45, 2.75) is 25.7 Å². The van der Waals surface area contributed by atoms with Crippen LogP contribution in [0.15, 0.2) is 12.1 Å². The summed E-state index contributed by atoms with van der Waals surface area (Å²) < 4.78 is 27.3. The molecule has 1 aromatic carbocycles. The summed E-state index contributed by atoms with van der Waals surface area (Å²) in [5.41, 5.74) is -0.310. The fourth-order valence-corrected chi connectivity index (χ4v) is 2.71. The van der Waals surface area contributed by atoms with Crippen LogP contribution in [0.4, 0.5) is 14.5 Å². The highest BCUT2D eigenvalue weighted by molar-refractivity contribution is 5.88. The van der Waals surface area contributed by atoms with E-state index in [0.29, 0.717) is 6.54 Å². The number of benzene rings is 1. The fourth-order valence-electron chi connectivity index (χ4n) is 2.71. The van der Waals surface area contributed by atoms with Gasteiger partial charge in [-0.05, 0) is 49.1 Å². The zero-order valence-electron chi connectivity index (χ0n) is 10.4. The number of anilines is 1. The molecular weight excluding hydrogens is 252 g/mol. The summed E-state index contributed by atoms with van der Waals surface area (Å²) in [6, 6.07) is 2.39. The number of carbonyl (C=O) groups is 1. The van der Waals surface area contributed by atoms with Crippen molar-refractivity contribution in [3.8, 4) is 0 Å². The molecule has 0 amide bonds. The number of hydrogen-bond donors (Lipinski definition) is 2. The van der Waals surface area contributed by atoms with Gasteiger partial charge in [0.15, 0.2) is 11.6 Å². The van der Waals surface area contributed by atoms with Gasteiger partial charge in [0.2, 0.25) is 0 Å². The quantitative estimate of drug-likeness (QED) is 0.860. The monoisotopic (exact) mass is 267 g/mol. The van der Waals surface area contributed by atoms with Crippen molar-refractivity contribution in [2.24, 2.45) is 11.3 Å². The Bertz CT molecular complexity index is 536. The van der Waals surface area contributed by atoms with E-state index in [1.807, 2.05) is 0 Å². The molecule has 0 spiro atoms. The summed E-state index contributed by atoms with van der Waals surface area (Å²) in [5.74, 6) is -3.13. The average Bonchev–Trinajstić information content (AvgIpc) is 3.24. The minimum atomic E-state index is -1.46. The van der Waals surface area contributed by atoms with Crippen molar-refractivity contribution in [3.63, 3.8) is 0 Å². The van der Waals surface area contributed by atoms with E-state index in [1.54, 1.807) is 0 Å². The molecular formula is C14H15F2NO2. The average molecular weight is 267 g/mol. The third-order valence-corrected chi connectivity index (χ3v) is 4.28. The fraction of sp³-hybridized carbons (Fsp3) is 0.500. The number of carboxylic acids is 1. The summed E-state index contributed by atoms with van der Waals surface area (Å²) in [4.78, 5) is 10.7. The highest BCUT2D eigenvalue weighted by atomic mass is 19.2. The van der Waals surface area contributed by atoms with Crippen LogP contribution in [0.5, 0.6) is 0 Å². The Morgan fingerprint density at radius 2 is 2.00 bits per heavy atom. The van der Waals surface area contributed by atoms with Crippen molar-refractivity contribution >= 4 is 11.7 Å². The van der Waals surface area contributed by atoms with Crippen LogP contribution in [-0.2, 0) is 0 Å². The van der Waals surface area contributed by atoms with Crippen molar-refractivity contribution in [1.82, 2.24) is 0 Å². The molecule has 3 nitrogen and oxygen atoms in total. The van der Waals surface area contributed by atoms with Crippen LogP contribution in [-0.4, -0.2) is 17.6 Å². The molecule has 0 aliphatic heterocycles. The topological polar surface area (TPSA) is 49.3 Å². The summed E-state index contributed by atoms with van der Waals surface area (Å²) in [6.45, 7) is 0.639. The molecule has 2 N–H and O–H groups in total. The van der Waals surface area contributed by atoms with E-state index < -0.39 is 23.2 Å². The van der Waals surface area contributed by atoms with E-state index in [0.717, 1.165) is 24.8 Å².